The Balaban J connectivity index is 1.33. The van der Waals surface area contributed by atoms with Crippen molar-refractivity contribution in [1.29, 1.82) is 0 Å². The molecule has 8 heteroatoms. The van der Waals surface area contributed by atoms with Gasteiger partial charge in [-0.3, -0.25) is 14.6 Å². The number of carboxylic acids is 1. The van der Waals surface area contributed by atoms with Crippen LogP contribution in [0.15, 0.2) is 24.3 Å². The molecule has 3 heterocycles. The summed E-state index contributed by atoms with van der Waals surface area (Å²) < 4.78 is 20.2. The number of carbonyl (C=O) groups is 1. The van der Waals surface area contributed by atoms with Crippen molar-refractivity contribution in [2.24, 2.45) is 0 Å². The number of likely N-dealkylation sites (N-methyl/N-ethyl adjacent to an activating group) is 1. The van der Waals surface area contributed by atoms with E-state index in [2.05, 4.69) is 36.3 Å². The zero-order valence-electron chi connectivity index (χ0n) is 24.2. The number of benzene rings is 1. The molecule has 1 aromatic heterocycles. The molecule has 3 atom stereocenters. The first-order chi connectivity index (χ1) is 18.7. The Kier molecular flexibility index (Phi) is 9.83. The first-order valence-electron chi connectivity index (χ1n) is 14.5. The molecular weight excluding hydrogens is 495 g/mol. The zero-order chi connectivity index (χ0) is 28.1. The number of ether oxygens (including phenoxy) is 1. The Labute approximate surface area is 232 Å². The van der Waals surface area contributed by atoms with Gasteiger partial charge in [0.05, 0.1) is 7.11 Å². The smallest absolute Gasteiger partial charge is 0.325 e. The molecule has 0 amide bonds. The summed E-state index contributed by atoms with van der Waals surface area (Å²) in [5.74, 6) is -0.310. The van der Waals surface area contributed by atoms with E-state index in [1.807, 2.05) is 18.7 Å². The highest BCUT2D eigenvalue weighted by molar-refractivity contribution is 5.77. The summed E-state index contributed by atoms with van der Waals surface area (Å²) in [6.07, 6.45) is 7.44. The summed E-state index contributed by atoms with van der Waals surface area (Å²) in [5, 5.41) is 13.6. The molecule has 39 heavy (non-hydrogen) atoms. The molecule has 1 aromatic carbocycles. The number of aliphatic carboxylic acids is 1. The maximum absolute atomic E-state index is 14.9. The van der Waals surface area contributed by atoms with Crippen LogP contribution in [0.25, 0.3) is 0 Å². The number of pyridine rings is 1. The van der Waals surface area contributed by atoms with Crippen molar-refractivity contribution >= 4 is 11.8 Å². The van der Waals surface area contributed by atoms with Crippen LogP contribution < -0.4 is 10.1 Å². The second kappa shape index (κ2) is 13.1. The lowest BCUT2D eigenvalue weighted by molar-refractivity contribution is -0.143. The number of aromatic nitrogens is 1. The Morgan fingerprint density at radius 3 is 2.79 bits per heavy atom. The molecule has 0 spiro atoms. The number of nitrogens with zero attached hydrogens (tertiary/aromatic N) is 3. The Hall–Kier alpha value is -2.71. The number of aryl methyl sites for hydroxylation is 2. The fourth-order valence-electron chi connectivity index (χ4n) is 6.03. The third-order valence-electron chi connectivity index (χ3n) is 8.58. The van der Waals surface area contributed by atoms with Crippen molar-refractivity contribution in [3.05, 3.63) is 52.5 Å². The minimum absolute atomic E-state index is 0.0289. The second-order valence-electron chi connectivity index (χ2n) is 11.6. The molecule has 0 bridgehead atoms. The molecule has 2 aromatic rings. The Bertz CT molecular complexity index is 1140. The van der Waals surface area contributed by atoms with Gasteiger partial charge in [0.2, 0.25) is 0 Å². The third kappa shape index (κ3) is 6.90. The summed E-state index contributed by atoms with van der Waals surface area (Å²) in [5.41, 5.74) is 3.66. The lowest BCUT2D eigenvalue weighted by Crippen LogP contribution is -2.41. The Morgan fingerprint density at radius 2 is 2.08 bits per heavy atom. The van der Waals surface area contributed by atoms with Gasteiger partial charge < -0.3 is 15.2 Å². The van der Waals surface area contributed by atoms with E-state index in [1.165, 1.54) is 25.2 Å². The quantitative estimate of drug-likeness (QED) is 0.337. The van der Waals surface area contributed by atoms with E-state index in [0.29, 0.717) is 24.7 Å². The molecular formula is C31H45FN4O3. The highest BCUT2D eigenvalue weighted by atomic mass is 19.1. The summed E-state index contributed by atoms with van der Waals surface area (Å²) in [6.45, 7) is 8.48. The van der Waals surface area contributed by atoms with Crippen LogP contribution in [0.5, 0.6) is 5.75 Å². The average molecular weight is 541 g/mol. The molecule has 214 valence electrons. The number of hydrogen-bond acceptors (Lipinski definition) is 6. The summed E-state index contributed by atoms with van der Waals surface area (Å²) in [4.78, 5) is 21.7. The normalized spacial score (nSPS) is 19.1. The van der Waals surface area contributed by atoms with Crippen LogP contribution in [0.4, 0.5) is 10.2 Å². The first-order valence-corrected chi connectivity index (χ1v) is 14.5. The molecule has 1 fully saturated rings. The van der Waals surface area contributed by atoms with Crippen LogP contribution in [0.2, 0.25) is 0 Å². The number of hydrogen-bond donors (Lipinski definition) is 2. The molecule has 2 N–H and O–H groups in total. The van der Waals surface area contributed by atoms with Gasteiger partial charge in [-0.2, -0.15) is 0 Å². The number of nitrogens with one attached hydrogen (secondary N) is 1. The fraction of sp³-hybridized carbons (Fsp3) is 0.613. The first kappa shape index (κ1) is 29.3. The maximum Gasteiger partial charge on any atom is 0.325 e. The van der Waals surface area contributed by atoms with E-state index in [4.69, 9.17) is 9.72 Å². The van der Waals surface area contributed by atoms with Gasteiger partial charge >= 0.3 is 5.97 Å². The van der Waals surface area contributed by atoms with Gasteiger partial charge in [0.1, 0.15) is 11.9 Å². The van der Waals surface area contributed by atoms with Crippen molar-refractivity contribution in [3.8, 4) is 5.75 Å². The summed E-state index contributed by atoms with van der Waals surface area (Å²) >= 11 is 0. The minimum atomic E-state index is -0.976. The van der Waals surface area contributed by atoms with Crippen LogP contribution in [0.3, 0.4) is 0 Å². The molecule has 2 aliphatic rings. The van der Waals surface area contributed by atoms with Crippen molar-refractivity contribution in [3.63, 3.8) is 0 Å². The number of halogens is 1. The molecule has 2 aliphatic heterocycles. The van der Waals surface area contributed by atoms with Gasteiger partial charge in [-0.05, 0) is 87.7 Å². The van der Waals surface area contributed by atoms with Gasteiger partial charge in [0.15, 0.2) is 11.6 Å². The SMILES string of the molecule is COc1c(F)cc(C(C)C)cc1[C@H](C(=O)O)N1CC[C@@H](N(C)[C@@H](C)CCCCc2ccc3c(n2)NCCC3)C1. The highest BCUT2D eigenvalue weighted by Crippen LogP contribution is 2.37. The molecule has 0 aliphatic carbocycles. The lowest BCUT2D eigenvalue weighted by Gasteiger charge is -2.32. The van der Waals surface area contributed by atoms with E-state index in [9.17, 15) is 14.3 Å². The number of unbranched alkanes of at least 4 members (excludes halogenated alkanes) is 1. The molecule has 0 radical (unpaired) electrons. The summed E-state index contributed by atoms with van der Waals surface area (Å²) in [7, 11) is 3.54. The van der Waals surface area contributed by atoms with Crippen molar-refractivity contribution in [2.45, 2.75) is 89.8 Å². The predicted molar refractivity (Wildman–Crippen MR) is 153 cm³/mol. The monoisotopic (exact) mass is 540 g/mol. The number of methoxy groups -OCH3 is 1. The van der Waals surface area contributed by atoms with Crippen LogP contribution in [0.1, 0.15) is 87.2 Å². The van der Waals surface area contributed by atoms with Crippen LogP contribution in [-0.2, 0) is 17.6 Å². The van der Waals surface area contributed by atoms with Crippen molar-refractivity contribution in [1.82, 2.24) is 14.8 Å². The van der Waals surface area contributed by atoms with E-state index in [-0.39, 0.29) is 17.7 Å². The topological polar surface area (TPSA) is 77.9 Å². The van der Waals surface area contributed by atoms with E-state index in [0.717, 1.165) is 62.1 Å². The number of rotatable bonds is 12. The van der Waals surface area contributed by atoms with E-state index in [1.54, 1.807) is 6.07 Å². The molecule has 1 saturated heterocycles. The number of fused-ring (bicyclic) bond motifs is 1. The van der Waals surface area contributed by atoms with Crippen LogP contribution in [-0.4, -0.2) is 71.7 Å². The van der Waals surface area contributed by atoms with Crippen LogP contribution >= 0.6 is 0 Å². The highest BCUT2D eigenvalue weighted by Gasteiger charge is 2.38. The third-order valence-corrected chi connectivity index (χ3v) is 8.58. The average Bonchev–Trinajstić information content (AvgIpc) is 3.39. The minimum Gasteiger partial charge on any atom is -0.493 e. The number of anilines is 1. The van der Waals surface area contributed by atoms with E-state index < -0.39 is 17.8 Å². The second-order valence-corrected chi connectivity index (χ2v) is 11.6. The van der Waals surface area contributed by atoms with Gasteiger partial charge in [-0.1, -0.05) is 26.3 Å². The summed E-state index contributed by atoms with van der Waals surface area (Å²) in [6, 6.07) is 7.34. The van der Waals surface area contributed by atoms with Crippen molar-refractivity contribution in [2.75, 3.05) is 39.1 Å². The molecule has 4 rings (SSSR count). The molecule has 0 saturated carbocycles. The fourth-order valence-corrected chi connectivity index (χ4v) is 6.03. The van der Waals surface area contributed by atoms with Gasteiger partial charge in [0.25, 0.3) is 0 Å². The van der Waals surface area contributed by atoms with Gasteiger partial charge in [-0.25, -0.2) is 9.37 Å². The van der Waals surface area contributed by atoms with Gasteiger partial charge in [-0.15, -0.1) is 0 Å². The maximum atomic E-state index is 14.9. The standard InChI is InChI=1S/C31H45FN4O3/c1-20(2)23-17-26(29(39-5)27(32)18-23)28(31(37)38)36-16-14-25(19-36)35(4)21(3)9-6-7-11-24-13-12-22-10-8-15-33-30(22)34-24/h12-13,17-18,20-21,25,28H,6-11,14-16,19H2,1-5H3,(H,33,34)(H,37,38)/t21-,25+,28+/m0/s1. The largest absolute Gasteiger partial charge is 0.493 e. The number of carboxylic acid groups (broad SMARTS) is 1. The van der Waals surface area contributed by atoms with E-state index >= 15 is 0 Å². The lowest BCUT2D eigenvalue weighted by atomic mass is 9.95. The molecule has 0 unspecified atom stereocenters. The Morgan fingerprint density at radius 1 is 1.28 bits per heavy atom. The number of likely N-dealkylation sites (tertiary alicyclic amines) is 1. The van der Waals surface area contributed by atoms with Crippen molar-refractivity contribution < 1.29 is 19.0 Å². The predicted octanol–water partition coefficient (Wildman–Crippen LogP) is 5.64. The van der Waals surface area contributed by atoms with Crippen LogP contribution in [0, 0.1) is 5.82 Å². The van der Waals surface area contributed by atoms with Gasteiger partial charge in [0, 0.05) is 43.0 Å². The zero-order valence-corrected chi connectivity index (χ0v) is 24.2. The molecule has 7 nitrogen and oxygen atoms in total.